The summed E-state index contributed by atoms with van der Waals surface area (Å²) in [6.07, 6.45) is 7.64. The van der Waals surface area contributed by atoms with Crippen LogP contribution in [-0.2, 0) is 13.6 Å². The molecule has 1 fully saturated rings. The molecule has 0 atom stereocenters. The molecule has 0 radical (unpaired) electrons. The van der Waals surface area contributed by atoms with Gasteiger partial charge in [0.15, 0.2) is 11.8 Å². The maximum Gasteiger partial charge on any atom is 0.191 e. The van der Waals surface area contributed by atoms with Crippen LogP contribution < -0.4 is 10.6 Å². The summed E-state index contributed by atoms with van der Waals surface area (Å²) in [4.78, 5) is 4.73. The largest absolute Gasteiger partial charge is 0.356 e. The molecule has 0 unspecified atom stereocenters. The zero-order valence-electron chi connectivity index (χ0n) is 15.1. The normalized spacial score (nSPS) is 16.8. The van der Waals surface area contributed by atoms with Gasteiger partial charge >= 0.3 is 0 Å². The van der Waals surface area contributed by atoms with Crippen LogP contribution in [0.5, 0.6) is 0 Å². The van der Waals surface area contributed by atoms with E-state index < -0.39 is 0 Å². The van der Waals surface area contributed by atoms with Gasteiger partial charge in [-0.3, -0.25) is 0 Å². The number of hydrogen-bond acceptors (Lipinski definition) is 3. The molecule has 1 aliphatic rings. The van der Waals surface area contributed by atoms with E-state index in [1.807, 2.05) is 18.5 Å². The molecule has 0 spiro atoms. The van der Waals surface area contributed by atoms with E-state index in [0.29, 0.717) is 18.5 Å². The third-order valence-electron chi connectivity index (χ3n) is 4.52. The molecule has 23 heavy (non-hydrogen) atoms. The van der Waals surface area contributed by atoms with E-state index >= 15 is 0 Å². The van der Waals surface area contributed by atoms with Gasteiger partial charge in [-0.1, -0.05) is 33.1 Å². The van der Waals surface area contributed by atoms with Crippen LogP contribution in [0, 0.1) is 12.8 Å². The second-order valence-corrected chi connectivity index (χ2v) is 6.98. The van der Waals surface area contributed by atoms with Gasteiger partial charge in [-0.05, 0) is 32.1 Å². The van der Waals surface area contributed by atoms with Crippen LogP contribution in [0.1, 0.15) is 64.0 Å². The number of aryl methyl sites for hydroxylation is 1. The SMILES string of the molecule is Cc1nnc(CN=C(NCCC(C)C)NC2CCCCC2)n1C. The molecule has 1 aliphatic carbocycles. The van der Waals surface area contributed by atoms with Crippen molar-refractivity contribution in [1.82, 2.24) is 25.4 Å². The average molecular weight is 320 g/mol. The highest BCUT2D eigenvalue weighted by molar-refractivity contribution is 5.80. The Morgan fingerprint density at radius 1 is 1.26 bits per heavy atom. The highest BCUT2D eigenvalue weighted by Gasteiger charge is 2.15. The van der Waals surface area contributed by atoms with Crippen molar-refractivity contribution in [1.29, 1.82) is 0 Å². The van der Waals surface area contributed by atoms with Crippen molar-refractivity contribution < 1.29 is 0 Å². The van der Waals surface area contributed by atoms with Crippen molar-refractivity contribution in [3.8, 4) is 0 Å². The predicted octanol–water partition coefficient (Wildman–Crippen LogP) is 2.54. The quantitative estimate of drug-likeness (QED) is 0.624. The second kappa shape index (κ2) is 8.89. The van der Waals surface area contributed by atoms with Gasteiger partial charge in [-0.25, -0.2) is 4.99 Å². The first-order valence-corrected chi connectivity index (χ1v) is 8.96. The van der Waals surface area contributed by atoms with Gasteiger partial charge in [0, 0.05) is 19.6 Å². The molecule has 0 amide bonds. The smallest absolute Gasteiger partial charge is 0.191 e. The van der Waals surface area contributed by atoms with Crippen molar-refractivity contribution in [2.75, 3.05) is 6.54 Å². The summed E-state index contributed by atoms with van der Waals surface area (Å²) in [7, 11) is 1.99. The molecule has 0 bridgehead atoms. The number of guanidine groups is 1. The molecule has 2 rings (SSSR count). The molecule has 0 aromatic carbocycles. The van der Waals surface area contributed by atoms with Gasteiger partial charge in [-0.15, -0.1) is 10.2 Å². The van der Waals surface area contributed by atoms with Gasteiger partial charge in [-0.2, -0.15) is 0 Å². The first kappa shape index (κ1) is 17.8. The predicted molar refractivity (Wildman–Crippen MR) is 94.3 cm³/mol. The molecule has 1 aromatic rings. The van der Waals surface area contributed by atoms with Crippen LogP contribution in [0.3, 0.4) is 0 Å². The van der Waals surface area contributed by atoms with E-state index in [4.69, 9.17) is 4.99 Å². The Morgan fingerprint density at radius 3 is 2.61 bits per heavy atom. The molecular weight excluding hydrogens is 288 g/mol. The molecule has 6 nitrogen and oxygen atoms in total. The maximum atomic E-state index is 4.73. The molecule has 130 valence electrons. The van der Waals surface area contributed by atoms with E-state index in [0.717, 1.165) is 30.6 Å². The van der Waals surface area contributed by atoms with Crippen molar-refractivity contribution >= 4 is 5.96 Å². The topological polar surface area (TPSA) is 67.1 Å². The Morgan fingerprint density at radius 2 is 2.00 bits per heavy atom. The van der Waals surface area contributed by atoms with Gasteiger partial charge in [0.1, 0.15) is 12.4 Å². The van der Waals surface area contributed by atoms with Gasteiger partial charge in [0.2, 0.25) is 0 Å². The van der Waals surface area contributed by atoms with Gasteiger partial charge in [0.25, 0.3) is 0 Å². The average Bonchev–Trinajstić information content (AvgIpc) is 2.85. The zero-order valence-corrected chi connectivity index (χ0v) is 15.1. The lowest BCUT2D eigenvalue weighted by Crippen LogP contribution is -2.44. The third kappa shape index (κ3) is 5.84. The number of nitrogens with one attached hydrogen (secondary N) is 2. The standard InChI is InChI=1S/C17H32N6/c1-13(2)10-11-18-17(20-15-8-6-5-7-9-15)19-12-16-22-21-14(3)23(16)4/h13,15H,5-12H2,1-4H3,(H2,18,19,20). The number of aliphatic imine (C=N–C) groups is 1. The van der Waals surface area contributed by atoms with Crippen molar-refractivity contribution in [2.24, 2.45) is 18.0 Å². The van der Waals surface area contributed by atoms with Crippen LogP contribution >= 0.6 is 0 Å². The third-order valence-corrected chi connectivity index (χ3v) is 4.52. The first-order chi connectivity index (χ1) is 11.1. The zero-order chi connectivity index (χ0) is 16.7. The Bertz CT molecular complexity index is 499. The van der Waals surface area contributed by atoms with E-state index in [1.165, 1.54) is 32.1 Å². The van der Waals surface area contributed by atoms with Crippen LogP contribution in [0.25, 0.3) is 0 Å². The van der Waals surface area contributed by atoms with E-state index in [-0.39, 0.29) is 0 Å². The summed E-state index contributed by atoms with van der Waals surface area (Å²) >= 11 is 0. The maximum absolute atomic E-state index is 4.73. The highest BCUT2D eigenvalue weighted by atomic mass is 15.3. The number of nitrogens with zero attached hydrogens (tertiary/aromatic N) is 4. The molecule has 1 aromatic heterocycles. The van der Waals surface area contributed by atoms with Gasteiger partial charge in [0.05, 0.1) is 0 Å². The summed E-state index contributed by atoms with van der Waals surface area (Å²) in [5.41, 5.74) is 0. The molecule has 2 N–H and O–H groups in total. The minimum atomic E-state index is 0.551. The number of hydrogen-bond donors (Lipinski definition) is 2. The van der Waals surface area contributed by atoms with Crippen molar-refractivity contribution in [3.63, 3.8) is 0 Å². The lowest BCUT2D eigenvalue weighted by Gasteiger charge is -2.25. The fourth-order valence-corrected chi connectivity index (χ4v) is 2.81. The Hall–Kier alpha value is -1.59. The summed E-state index contributed by atoms with van der Waals surface area (Å²) in [5, 5.41) is 15.4. The van der Waals surface area contributed by atoms with Gasteiger partial charge < -0.3 is 15.2 Å². The molecular formula is C17H32N6. The summed E-state index contributed by atoms with van der Waals surface area (Å²) in [5.74, 6) is 3.43. The lowest BCUT2D eigenvalue weighted by molar-refractivity contribution is 0.409. The highest BCUT2D eigenvalue weighted by Crippen LogP contribution is 2.17. The minimum absolute atomic E-state index is 0.551. The fourth-order valence-electron chi connectivity index (χ4n) is 2.81. The lowest BCUT2D eigenvalue weighted by atomic mass is 9.96. The molecule has 6 heteroatoms. The van der Waals surface area contributed by atoms with Crippen molar-refractivity contribution in [3.05, 3.63) is 11.6 Å². The Labute approximate surface area is 140 Å². The molecule has 1 heterocycles. The second-order valence-electron chi connectivity index (χ2n) is 6.98. The van der Waals surface area contributed by atoms with Crippen molar-refractivity contribution in [2.45, 2.75) is 71.9 Å². The number of rotatable bonds is 6. The van der Waals surface area contributed by atoms with E-state index in [2.05, 4.69) is 34.7 Å². The molecule has 0 saturated heterocycles. The fraction of sp³-hybridized carbons (Fsp3) is 0.824. The van der Waals surface area contributed by atoms with E-state index in [1.54, 1.807) is 0 Å². The monoisotopic (exact) mass is 320 g/mol. The number of aromatic nitrogens is 3. The van der Waals surface area contributed by atoms with Crippen LogP contribution in [0.2, 0.25) is 0 Å². The Kier molecular flexibility index (Phi) is 6.86. The van der Waals surface area contributed by atoms with Crippen LogP contribution in [0.4, 0.5) is 0 Å². The molecule has 1 saturated carbocycles. The van der Waals surface area contributed by atoms with E-state index in [9.17, 15) is 0 Å². The Balaban J connectivity index is 1.95. The minimum Gasteiger partial charge on any atom is -0.356 e. The van der Waals surface area contributed by atoms with Crippen LogP contribution in [0.15, 0.2) is 4.99 Å². The molecule has 0 aliphatic heterocycles. The summed E-state index contributed by atoms with van der Waals surface area (Å²) < 4.78 is 2.00. The van der Waals surface area contributed by atoms with Crippen LogP contribution in [-0.4, -0.2) is 33.3 Å². The summed E-state index contributed by atoms with van der Waals surface area (Å²) in [6, 6.07) is 0.551. The summed E-state index contributed by atoms with van der Waals surface area (Å²) in [6.45, 7) is 7.96. The first-order valence-electron chi connectivity index (χ1n) is 8.96.